The number of benzene rings is 2. The number of phenolic OH excluding ortho intramolecular Hbond substituents is 1. The number of amides is 3. The van der Waals surface area contributed by atoms with E-state index in [-0.39, 0.29) is 28.8 Å². The van der Waals surface area contributed by atoms with Crippen LogP contribution >= 0.6 is 11.6 Å². The number of aromatic hydroxyl groups is 1. The molecule has 0 bridgehead atoms. The van der Waals surface area contributed by atoms with Gasteiger partial charge in [-0.05, 0) is 55.2 Å². The predicted molar refractivity (Wildman–Crippen MR) is 121 cm³/mol. The van der Waals surface area contributed by atoms with Crippen LogP contribution in [0.2, 0.25) is 5.02 Å². The molecular weight excluding hydrogens is 454 g/mol. The molecule has 32 heavy (non-hydrogen) atoms. The van der Waals surface area contributed by atoms with Crippen molar-refractivity contribution in [2.75, 3.05) is 6.54 Å². The van der Waals surface area contributed by atoms with Gasteiger partial charge < -0.3 is 15.7 Å². The van der Waals surface area contributed by atoms with Crippen LogP contribution in [-0.4, -0.2) is 38.0 Å². The lowest BCUT2D eigenvalue weighted by Gasteiger charge is -2.22. The fraction of sp³-hybridized carbons (Fsp3) is 0.364. The summed E-state index contributed by atoms with van der Waals surface area (Å²) in [6.45, 7) is 0.277. The van der Waals surface area contributed by atoms with Crippen molar-refractivity contribution in [2.24, 2.45) is 0 Å². The van der Waals surface area contributed by atoms with E-state index in [9.17, 15) is 23.1 Å². The molecule has 0 heterocycles. The first-order valence-corrected chi connectivity index (χ1v) is 12.3. The predicted octanol–water partition coefficient (Wildman–Crippen LogP) is 3.34. The normalized spacial score (nSPS) is 14.5. The summed E-state index contributed by atoms with van der Waals surface area (Å²) >= 11 is 5.85. The number of sulfonamides is 1. The number of carbonyl (C=O) groups is 2. The summed E-state index contributed by atoms with van der Waals surface area (Å²) in [6.07, 6.45) is 5.35. The molecule has 0 spiro atoms. The second-order valence-corrected chi connectivity index (χ2v) is 9.84. The van der Waals surface area contributed by atoms with Crippen LogP contribution in [-0.2, 0) is 16.4 Å². The Morgan fingerprint density at radius 1 is 1.03 bits per heavy atom. The minimum atomic E-state index is -3.98. The zero-order chi connectivity index (χ0) is 23.1. The fourth-order valence-corrected chi connectivity index (χ4v) is 4.67. The van der Waals surface area contributed by atoms with Crippen LogP contribution in [0.3, 0.4) is 0 Å². The van der Waals surface area contributed by atoms with Gasteiger partial charge in [-0.3, -0.25) is 4.79 Å². The molecule has 172 valence electrons. The molecule has 4 N–H and O–H groups in total. The molecule has 0 aromatic heterocycles. The van der Waals surface area contributed by atoms with Crippen molar-refractivity contribution in [1.82, 2.24) is 15.4 Å². The lowest BCUT2D eigenvalue weighted by molar-refractivity contribution is 0.0951. The summed E-state index contributed by atoms with van der Waals surface area (Å²) in [5.41, 5.74) is 0.878. The van der Waals surface area contributed by atoms with E-state index in [1.807, 2.05) is 0 Å². The van der Waals surface area contributed by atoms with E-state index in [1.165, 1.54) is 30.3 Å². The van der Waals surface area contributed by atoms with Crippen LogP contribution in [0.1, 0.15) is 48.0 Å². The highest BCUT2D eigenvalue weighted by molar-refractivity contribution is 7.90. The van der Waals surface area contributed by atoms with E-state index in [0.29, 0.717) is 11.4 Å². The van der Waals surface area contributed by atoms with E-state index in [1.54, 1.807) is 12.1 Å². The molecule has 2 aromatic rings. The molecule has 3 rings (SSSR count). The quantitative estimate of drug-likeness (QED) is 0.484. The summed E-state index contributed by atoms with van der Waals surface area (Å²) in [7, 11) is -3.98. The third kappa shape index (κ3) is 6.61. The van der Waals surface area contributed by atoms with Crippen molar-refractivity contribution in [1.29, 1.82) is 0 Å². The molecule has 0 unspecified atom stereocenters. The number of hydrogen-bond acceptors (Lipinski definition) is 5. The van der Waals surface area contributed by atoms with Crippen molar-refractivity contribution in [3.8, 4) is 5.75 Å². The Labute approximate surface area is 192 Å². The Balaban J connectivity index is 1.50. The molecule has 0 atom stereocenters. The van der Waals surface area contributed by atoms with Gasteiger partial charge in [-0.25, -0.2) is 17.9 Å². The van der Waals surface area contributed by atoms with Gasteiger partial charge in [-0.2, -0.15) is 0 Å². The average Bonchev–Trinajstić information content (AvgIpc) is 2.76. The minimum absolute atomic E-state index is 0.00496. The second kappa shape index (κ2) is 10.7. The topological polar surface area (TPSA) is 125 Å². The Kier molecular flexibility index (Phi) is 7.98. The molecule has 1 aliphatic carbocycles. The average molecular weight is 480 g/mol. The molecular formula is C22H26ClN3O5S. The van der Waals surface area contributed by atoms with Crippen LogP contribution in [0.4, 0.5) is 4.79 Å². The number of phenols is 1. The maximum absolute atomic E-state index is 12.5. The number of nitrogens with one attached hydrogen (secondary N) is 3. The van der Waals surface area contributed by atoms with E-state index >= 15 is 0 Å². The maximum atomic E-state index is 12.5. The van der Waals surface area contributed by atoms with Gasteiger partial charge in [-0.1, -0.05) is 43.0 Å². The molecule has 1 fully saturated rings. The van der Waals surface area contributed by atoms with Gasteiger partial charge >= 0.3 is 6.03 Å². The van der Waals surface area contributed by atoms with Gasteiger partial charge in [0.1, 0.15) is 5.75 Å². The standard InChI is InChI=1S/C22H26ClN3O5S/c23-16-8-11-20(27)19(14-16)21(28)24-13-12-15-6-9-18(10-7-15)32(30,31)26-22(29)25-17-4-2-1-3-5-17/h6-11,14,17,27H,1-5,12-13H2,(H,24,28)(H2,25,26,29). The summed E-state index contributed by atoms with van der Waals surface area (Å²) in [5, 5.41) is 15.5. The molecule has 0 aliphatic heterocycles. The van der Waals surface area contributed by atoms with Gasteiger partial charge in [0.15, 0.2) is 0 Å². The van der Waals surface area contributed by atoms with E-state index < -0.39 is 22.0 Å². The van der Waals surface area contributed by atoms with Crippen molar-refractivity contribution in [2.45, 2.75) is 49.5 Å². The molecule has 0 saturated heterocycles. The van der Waals surface area contributed by atoms with Crippen molar-refractivity contribution in [3.05, 3.63) is 58.6 Å². The first-order valence-electron chi connectivity index (χ1n) is 10.4. The lowest BCUT2D eigenvalue weighted by Crippen LogP contribution is -2.45. The van der Waals surface area contributed by atoms with Crippen LogP contribution in [0.25, 0.3) is 0 Å². The SMILES string of the molecule is O=C(NC1CCCCC1)NS(=O)(=O)c1ccc(CCNC(=O)c2cc(Cl)ccc2O)cc1. The van der Waals surface area contributed by atoms with Crippen LogP contribution in [0.15, 0.2) is 47.4 Å². The van der Waals surface area contributed by atoms with E-state index in [2.05, 4.69) is 15.4 Å². The molecule has 2 aromatic carbocycles. The summed E-state index contributed by atoms with van der Waals surface area (Å²) in [5.74, 6) is -0.626. The maximum Gasteiger partial charge on any atom is 0.328 e. The lowest BCUT2D eigenvalue weighted by atomic mass is 9.96. The Morgan fingerprint density at radius 3 is 2.41 bits per heavy atom. The van der Waals surface area contributed by atoms with Gasteiger partial charge in [0, 0.05) is 17.6 Å². The smallest absolute Gasteiger partial charge is 0.328 e. The molecule has 3 amide bonds. The molecule has 10 heteroatoms. The molecule has 0 radical (unpaired) electrons. The second-order valence-electron chi connectivity index (χ2n) is 7.73. The zero-order valence-corrected chi connectivity index (χ0v) is 19.0. The Bertz CT molecular complexity index is 1070. The molecule has 1 saturated carbocycles. The largest absolute Gasteiger partial charge is 0.507 e. The van der Waals surface area contributed by atoms with E-state index in [0.717, 1.165) is 37.7 Å². The fourth-order valence-electron chi connectivity index (χ4n) is 3.58. The molecule has 8 nitrogen and oxygen atoms in total. The van der Waals surface area contributed by atoms with Gasteiger partial charge in [0.25, 0.3) is 15.9 Å². The number of urea groups is 1. The highest BCUT2D eigenvalue weighted by atomic mass is 35.5. The third-order valence-electron chi connectivity index (χ3n) is 5.30. The van der Waals surface area contributed by atoms with Crippen molar-refractivity contribution in [3.63, 3.8) is 0 Å². The number of carbonyl (C=O) groups excluding carboxylic acids is 2. The highest BCUT2D eigenvalue weighted by Crippen LogP contribution is 2.21. The first kappa shape index (κ1) is 23.9. The monoisotopic (exact) mass is 479 g/mol. The highest BCUT2D eigenvalue weighted by Gasteiger charge is 2.21. The number of rotatable bonds is 7. The Morgan fingerprint density at radius 2 is 1.72 bits per heavy atom. The van der Waals surface area contributed by atoms with Crippen LogP contribution in [0.5, 0.6) is 5.75 Å². The van der Waals surface area contributed by atoms with Gasteiger partial charge in [-0.15, -0.1) is 0 Å². The van der Waals surface area contributed by atoms with Crippen molar-refractivity contribution >= 4 is 33.6 Å². The summed E-state index contributed by atoms with van der Waals surface area (Å²) < 4.78 is 27.0. The summed E-state index contributed by atoms with van der Waals surface area (Å²) in [6, 6.07) is 9.57. The molecule has 1 aliphatic rings. The van der Waals surface area contributed by atoms with Crippen LogP contribution < -0.4 is 15.4 Å². The van der Waals surface area contributed by atoms with E-state index in [4.69, 9.17) is 11.6 Å². The number of hydrogen-bond donors (Lipinski definition) is 4. The number of halogens is 1. The van der Waals surface area contributed by atoms with Gasteiger partial charge in [0.05, 0.1) is 10.5 Å². The first-order chi connectivity index (χ1) is 15.2. The zero-order valence-electron chi connectivity index (χ0n) is 17.4. The van der Waals surface area contributed by atoms with Crippen molar-refractivity contribution < 1.29 is 23.1 Å². The summed E-state index contributed by atoms with van der Waals surface area (Å²) in [4.78, 5) is 24.2. The third-order valence-corrected chi connectivity index (χ3v) is 6.89. The Hall–Kier alpha value is -2.78. The van der Waals surface area contributed by atoms with Gasteiger partial charge in [0.2, 0.25) is 0 Å². The van der Waals surface area contributed by atoms with Crippen LogP contribution in [0, 0.1) is 0 Å². The minimum Gasteiger partial charge on any atom is -0.507 e.